The Hall–Kier alpha value is -0.770. The van der Waals surface area contributed by atoms with E-state index in [2.05, 4.69) is 11.0 Å². The molecule has 1 aliphatic heterocycles. The average Bonchev–Trinajstić information content (AvgIpc) is 2.41. The van der Waals surface area contributed by atoms with Crippen LogP contribution in [0, 0.1) is 0 Å². The number of ether oxygens (including phenoxy) is 1. The molecule has 2 N–H and O–H groups in total. The maximum absolute atomic E-state index is 6.07. The van der Waals surface area contributed by atoms with Gasteiger partial charge in [-0.25, -0.2) is 0 Å². The average molecular weight is 227 g/mol. The molecule has 0 radical (unpaired) electrons. The lowest BCUT2D eigenvalue weighted by Crippen LogP contribution is -2.30. The molecular formula is C11H15ClN2O. The Morgan fingerprint density at radius 3 is 3.13 bits per heavy atom. The Morgan fingerprint density at radius 1 is 1.47 bits per heavy atom. The number of rotatable bonds is 2. The van der Waals surface area contributed by atoms with Gasteiger partial charge in [-0.3, -0.25) is 4.90 Å². The Morgan fingerprint density at radius 2 is 2.33 bits per heavy atom. The highest BCUT2D eigenvalue weighted by Crippen LogP contribution is 2.30. The molecule has 4 heteroatoms. The van der Waals surface area contributed by atoms with Crippen LogP contribution in [0.3, 0.4) is 0 Å². The molecular weight excluding hydrogens is 212 g/mol. The molecule has 1 aromatic rings. The number of benzene rings is 1. The van der Waals surface area contributed by atoms with Crippen LogP contribution >= 0.6 is 11.6 Å². The van der Waals surface area contributed by atoms with Crippen LogP contribution in [0.2, 0.25) is 5.02 Å². The quantitative estimate of drug-likeness (QED) is 0.831. The van der Waals surface area contributed by atoms with Gasteiger partial charge in [0.2, 0.25) is 0 Å². The van der Waals surface area contributed by atoms with Crippen molar-refractivity contribution in [2.75, 3.05) is 26.2 Å². The van der Waals surface area contributed by atoms with E-state index < -0.39 is 0 Å². The van der Waals surface area contributed by atoms with Gasteiger partial charge in [-0.2, -0.15) is 0 Å². The van der Waals surface area contributed by atoms with Crippen LogP contribution in [0.4, 0.5) is 0 Å². The van der Waals surface area contributed by atoms with Crippen LogP contribution in [0.25, 0.3) is 0 Å². The summed E-state index contributed by atoms with van der Waals surface area (Å²) in [6.45, 7) is 4.03. The van der Waals surface area contributed by atoms with Crippen molar-refractivity contribution in [1.29, 1.82) is 0 Å². The van der Waals surface area contributed by atoms with E-state index >= 15 is 0 Å². The van der Waals surface area contributed by atoms with E-state index in [-0.39, 0.29) is 0 Å². The van der Waals surface area contributed by atoms with Gasteiger partial charge in [-0.1, -0.05) is 23.7 Å². The van der Waals surface area contributed by atoms with Crippen molar-refractivity contribution in [2.45, 2.75) is 6.54 Å². The van der Waals surface area contributed by atoms with E-state index in [9.17, 15) is 0 Å². The SMILES string of the molecule is NCCN1CCOc2c(Cl)cccc2C1. The first-order valence-electron chi connectivity index (χ1n) is 5.14. The first-order valence-corrected chi connectivity index (χ1v) is 5.51. The third-order valence-electron chi connectivity index (χ3n) is 2.54. The molecule has 0 fully saturated rings. The van der Waals surface area contributed by atoms with E-state index in [1.807, 2.05) is 12.1 Å². The van der Waals surface area contributed by atoms with Gasteiger partial charge in [-0.05, 0) is 6.07 Å². The molecule has 0 saturated heterocycles. The summed E-state index contributed by atoms with van der Waals surface area (Å²) >= 11 is 6.07. The molecule has 1 aromatic carbocycles. The zero-order chi connectivity index (χ0) is 10.7. The fourth-order valence-corrected chi connectivity index (χ4v) is 2.06. The molecule has 0 aromatic heterocycles. The van der Waals surface area contributed by atoms with E-state index in [4.69, 9.17) is 22.1 Å². The highest BCUT2D eigenvalue weighted by atomic mass is 35.5. The van der Waals surface area contributed by atoms with E-state index in [1.165, 1.54) is 0 Å². The molecule has 1 aliphatic rings. The maximum Gasteiger partial charge on any atom is 0.142 e. The summed E-state index contributed by atoms with van der Waals surface area (Å²) in [6, 6.07) is 5.87. The van der Waals surface area contributed by atoms with Crippen molar-refractivity contribution < 1.29 is 4.74 Å². The van der Waals surface area contributed by atoms with Crippen LogP contribution in [0.15, 0.2) is 18.2 Å². The van der Waals surface area contributed by atoms with Crippen molar-refractivity contribution in [3.05, 3.63) is 28.8 Å². The Bertz CT molecular complexity index is 343. The van der Waals surface area contributed by atoms with E-state index in [0.717, 1.165) is 30.9 Å². The highest BCUT2D eigenvalue weighted by molar-refractivity contribution is 6.32. The second-order valence-corrected chi connectivity index (χ2v) is 4.05. The molecule has 3 nitrogen and oxygen atoms in total. The van der Waals surface area contributed by atoms with Crippen LogP contribution in [0.1, 0.15) is 5.56 Å². The summed E-state index contributed by atoms with van der Waals surface area (Å²) in [4.78, 5) is 2.28. The lowest BCUT2D eigenvalue weighted by Gasteiger charge is -2.17. The second kappa shape index (κ2) is 4.84. The predicted molar refractivity (Wildman–Crippen MR) is 61.3 cm³/mol. The highest BCUT2D eigenvalue weighted by Gasteiger charge is 2.16. The van der Waals surface area contributed by atoms with Gasteiger partial charge in [0.1, 0.15) is 12.4 Å². The molecule has 0 atom stereocenters. The van der Waals surface area contributed by atoms with Gasteiger partial charge in [0.05, 0.1) is 5.02 Å². The van der Waals surface area contributed by atoms with E-state index in [0.29, 0.717) is 18.2 Å². The largest absolute Gasteiger partial charge is 0.490 e. The van der Waals surface area contributed by atoms with Crippen molar-refractivity contribution in [2.24, 2.45) is 5.73 Å². The first-order chi connectivity index (χ1) is 7.31. The third kappa shape index (κ3) is 2.43. The van der Waals surface area contributed by atoms with Crippen LogP contribution in [-0.2, 0) is 6.54 Å². The summed E-state index contributed by atoms with van der Waals surface area (Å²) in [5.41, 5.74) is 6.70. The standard InChI is InChI=1S/C11H15ClN2O/c12-10-3-1-2-9-8-14(5-4-13)6-7-15-11(9)10/h1-3H,4-8,13H2. The molecule has 15 heavy (non-hydrogen) atoms. The number of hydrogen-bond donors (Lipinski definition) is 1. The van der Waals surface area contributed by atoms with Gasteiger partial charge >= 0.3 is 0 Å². The fourth-order valence-electron chi connectivity index (χ4n) is 1.81. The van der Waals surface area contributed by atoms with Crippen molar-refractivity contribution in [3.8, 4) is 5.75 Å². The number of halogens is 1. The summed E-state index contributed by atoms with van der Waals surface area (Å²) in [7, 11) is 0. The Kier molecular flexibility index (Phi) is 3.46. The molecule has 0 unspecified atom stereocenters. The van der Waals surface area contributed by atoms with Crippen molar-refractivity contribution in [3.63, 3.8) is 0 Å². The topological polar surface area (TPSA) is 38.5 Å². The molecule has 82 valence electrons. The summed E-state index contributed by atoms with van der Waals surface area (Å²) in [5, 5.41) is 0.696. The third-order valence-corrected chi connectivity index (χ3v) is 2.84. The van der Waals surface area contributed by atoms with Gasteiger partial charge in [-0.15, -0.1) is 0 Å². The monoisotopic (exact) mass is 226 g/mol. The molecule has 0 aliphatic carbocycles. The Balaban J connectivity index is 2.22. The number of fused-ring (bicyclic) bond motifs is 1. The lowest BCUT2D eigenvalue weighted by molar-refractivity contribution is 0.230. The number of hydrogen-bond acceptors (Lipinski definition) is 3. The normalized spacial score (nSPS) is 16.7. The van der Waals surface area contributed by atoms with Gasteiger partial charge in [0.15, 0.2) is 0 Å². The van der Waals surface area contributed by atoms with Crippen molar-refractivity contribution in [1.82, 2.24) is 4.90 Å². The zero-order valence-electron chi connectivity index (χ0n) is 8.58. The molecule has 2 rings (SSSR count). The molecule has 0 spiro atoms. The van der Waals surface area contributed by atoms with Crippen molar-refractivity contribution >= 4 is 11.6 Å². The van der Waals surface area contributed by atoms with Crippen LogP contribution in [0.5, 0.6) is 5.75 Å². The van der Waals surface area contributed by atoms with Gasteiger partial charge in [0.25, 0.3) is 0 Å². The minimum atomic E-state index is 0.676. The van der Waals surface area contributed by atoms with Gasteiger partial charge < -0.3 is 10.5 Å². The molecule has 0 amide bonds. The van der Waals surface area contributed by atoms with Gasteiger partial charge in [0, 0.05) is 31.7 Å². The second-order valence-electron chi connectivity index (χ2n) is 3.64. The zero-order valence-corrected chi connectivity index (χ0v) is 9.33. The summed E-state index contributed by atoms with van der Waals surface area (Å²) in [6.07, 6.45) is 0. The summed E-state index contributed by atoms with van der Waals surface area (Å²) in [5.74, 6) is 0.832. The number of nitrogens with zero attached hydrogens (tertiary/aromatic N) is 1. The summed E-state index contributed by atoms with van der Waals surface area (Å²) < 4.78 is 5.64. The van der Waals surface area contributed by atoms with Crippen LogP contribution < -0.4 is 10.5 Å². The maximum atomic E-state index is 6.07. The fraction of sp³-hybridized carbons (Fsp3) is 0.455. The molecule has 0 saturated carbocycles. The predicted octanol–water partition coefficient (Wildman–Crippen LogP) is 1.49. The number of nitrogens with two attached hydrogens (primary N) is 1. The molecule has 1 heterocycles. The minimum absolute atomic E-state index is 0.676. The Labute approximate surface area is 94.8 Å². The van der Waals surface area contributed by atoms with Crippen LogP contribution in [-0.4, -0.2) is 31.1 Å². The lowest BCUT2D eigenvalue weighted by atomic mass is 10.2. The minimum Gasteiger partial charge on any atom is -0.490 e. The van der Waals surface area contributed by atoms with E-state index in [1.54, 1.807) is 0 Å². The molecule has 0 bridgehead atoms. The number of para-hydroxylation sites is 1. The smallest absolute Gasteiger partial charge is 0.142 e. The first kappa shape index (κ1) is 10.7.